The van der Waals surface area contributed by atoms with Gasteiger partial charge >= 0.3 is 0 Å². The van der Waals surface area contributed by atoms with Crippen LogP contribution in [0.3, 0.4) is 0 Å². The van der Waals surface area contributed by atoms with Gasteiger partial charge in [-0.2, -0.15) is 0 Å². The Bertz CT molecular complexity index is 583. The third-order valence-corrected chi connectivity index (χ3v) is 4.60. The number of nitrogens with one attached hydrogen (secondary N) is 1. The SMILES string of the molecule is CCNC(C)c1sc(-c2ccc(Cl)c(F)c2)nc1C. The van der Waals surface area contributed by atoms with E-state index in [9.17, 15) is 4.39 Å². The van der Waals surface area contributed by atoms with Crippen LogP contribution < -0.4 is 5.32 Å². The van der Waals surface area contributed by atoms with E-state index in [2.05, 4.69) is 24.1 Å². The van der Waals surface area contributed by atoms with E-state index < -0.39 is 5.82 Å². The first-order chi connectivity index (χ1) is 9.02. The number of aryl methyl sites for hydroxylation is 1. The Hall–Kier alpha value is -0.970. The van der Waals surface area contributed by atoms with Crippen LogP contribution in [-0.2, 0) is 0 Å². The number of hydrogen-bond donors (Lipinski definition) is 1. The topological polar surface area (TPSA) is 24.9 Å². The first kappa shape index (κ1) is 14.4. The van der Waals surface area contributed by atoms with Gasteiger partial charge in [0.1, 0.15) is 10.8 Å². The van der Waals surface area contributed by atoms with Gasteiger partial charge in [-0.1, -0.05) is 24.6 Å². The number of benzene rings is 1. The first-order valence-corrected chi connectivity index (χ1v) is 7.38. The van der Waals surface area contributed by atoms with Gasteiger partial charge in [-0.25, -0.2) is 9.37 Å². The van der Waals surface area contributed by atoms with Gasteiger partial charge in [0, 0.05) is 16.5 Å². The minimum atomic E-state index is -0.409. The summed E-state index contributed by atoms with van der Waals surface area (Å²) in [5, 5.41) is 4.33. The van der Waals surface area contributed by atoms with Gasteiger partial charge in [0.15, 0.2) is 0 Å². The molecule has 2 aromatic rings. The maximum atomic E-state index is 13.5. The molecule has 102 valence electrons. The number of hydrogen-bond acceptors (Lipinski definition) is 3. The molecule has 0 fully saturated rings. The Labute approximate surface area is 121 Å². The van der Waals surface area contributed by atoms with Gasteiger partial charge in [-0.3, -0.25) is 0 Å². The molecule has 1 heterocycles. The van der Waals surface area contributed by atoms with Crippen LogP contribution in [0.4, 0.5) is 4.39 Å². The van der Waals surface area contributed by atoms with Gasteiger partial charge < -0.3 is 5.32 Å². The van der Waals surface area contributed by atoms with Gasteiger partial charge in [0.2, 0.25) is 0 Å². The molecule has 0 saturated carbocycles. The van der Waals surface area contributed by atoms with Crippen LogP contribution in [-0.4, -0.2) is 11.5 Å². The Morgan fingerprint density at radius 3 is 2.84 bits per heavy atom. The van der Waals surface area contributed by atoms with Crippen molar-refractivity contribution in [2.45, 2.75) is 26.8 Å². The standard InChI is InChI=1S/C14H16ClFN2S/c1-4-17-8(2)13-9(3)18-14(19-13)10-5-6-11(15)12(16)7-10/h5-8,17H,4H2,1-3H3. The van der Waals surface area contributed by atoms with E-state index >= 15 is 0 Å². The zero-order valence-electron chi connectivity index (χ0n) is 11.1. The van der Waals surface area contributed by atoms with Gasteiger partial charge in [-0.05, 0) is 32.5 Å². The summed E-state index contributed by atoms with van der Waals surface area (Å²) in [5.74, 6) is -0.409. The normalized spacial score (nSPS) is 12.7. The molecule has 0 aliphatic carbocycles. The summed E-state index contributed by atoms with van der Waals surface area (Å²) in [5.41, 5.74) is 1.76. The molecule has 5 heteroatoms. The largest absolute Gasteiger partial charge is 0.310 e. The monoisotopic (exact) mass is 298 g/mol. The van der Waals surface area contributed by atoms with Crippen LogP contribution in [0.15, 0.2) is 18.2 Å². The average molecular weight is 299 g/mol. The van der Waals surface area contributed by atoms with Crippen molar-refractivity contribution in [3.05, 3.63) is 39.6 Å². The summed E-state index contributed by atoms with van der Waals surface area (Å²) in [7, 11) is 0. The van der Waals surface area contributed by atoms with E-state index in [0.29, 0.717) is 0 Å². The predicted octanol–water partition coefficient (Wildman–Crippen LogP) is 4.58. The van der Waals surface area contributed by atoms with E-state index in [-0.39, 0.29) is 11.1 Å². The summed E-state index contributed by atoms with van der Waals surface area (Å²) in [6.45, 7) is 7.07. The molecule has 1 atom stereocenters. The molecule has 0 aliphatic heterocycles. The summed E-state index contributed by atoms with van der Waals surface area (Å²) in [6.07, 6.45) is 0. The third-order valence-electron chi connectivity index (χ3n) is 2.90. The maximum Gasteiger partial charge on any atom is 0.142 e. The van der Waals surface area contributed by atoms with Crippen molar-refractivity contribution in [1.29, 1.82) is 0 Å². The lowest BCUT2D eigenvalue weighted by Crippen LogP contribution is -2.17. The molecule has 0 amide bonds. The lowest BCUT2D eigenvalue weighted by molar-refractivity contribution is 0.603. The first-order valence-electron chi connectivity index (χ1n) is 6.19. The molecule has 2 nitrogen and oxygen atoms in total. The van der Waals surface area contributed by atoms with Crippen LogP contribution in [0, 0.1) is 12.7 Å². The van der Waals surface area contributed by atoms with Crippen molar-refractivity contribution < 1.29 is 4.39 Å². The summed E-state index contributed by atoms with van der Waals surface area (Å²) in [6, 6.07) is 5.05. The van der Waals surface area contributed by atoms with E-state index in [1.807, 2.05) is 6.92 Å². The second-order valence-corrected chi connectivity index (χ2v) is 5.81. The number of nitrogens with zero attached hydrogens (tertiary/aromatic N) is 1. The highest BCUT2D eigenvalue weighted by Gasteiger charge is 2.15. The highest BCUT2D eigenvalue weighted by atomic mass is 35.5. The molecule has 1 aromatic heterocycles. The van der Waals surface area contributed by atoms with E-state index in [0.717, 1.165) is 22.8 Å². The molecular weight excluding hydrogens is 283 g/mol. The molecular formula is C14H16ClFN2S. The fourth-order valence-electron chi connectivity index (χ4n) is 1.96. The van der Waals surface area contributed by atoms with E-state index in [4.69, 9.17) is 11.6 Å². The maximum absolute atomic E-state index is 13.5. The lowest BCUT2D eigenvalue weighted by Gasteiger charge is -2.09. The summed E-state index contributed by atoms with van der Waals surface area (Å²) >= 11 is 7.29. The molecule has 1 aromatic carbocycles. The third kappa shape index (κ3) is 3.14. The van der Waals surface area contributed by atoms with E-state index in [1.54, 1.807) is 23.5 Å². The molecule has 1 N–H and O–H groups in total. The van der Waals surface area contributed by atoms with Crippen molar-refractivity contribution in [2.75, 3.05) is 6.54 Å². The molecule has 0 radical (unpaired) electrons. The van der Waals surface area contributed by atoms with Crippen molar-refractivity contribution in [3.8, 4) is 10.6 Å². The minimum absolute atomic E-state index is 0.137. The van der Waals surface area contributed by atoms with E-state index in [1.165, 1.54) is 10.9 Å². The fourth-order valence-corrected chi connectivity index (χ4v) is 3.17. The number of rotatable bonds is 4. The molecule has 0 aliphatic rings. The zero-order chi connectivity index (χ0) is 14.0. The van der Waals surface area contributed by atoms with Crippen molar-refractivity contribution in [2.24, 2.45) is 0 Å². The highest BCUT2D eigenvalue weighted by molar-refractivity contribution is 7.15. The highest BCUT2D eigenvalue weighted by Crippen LogP contribution is 2.32. The predicted molar refractivity (Wildman–Crippen MR) is 79.3 cm³/mol. The minimum Gasteiger partial charge on any atom is -0.310 e. The molecule has 0 bridgehead atoms. The summed E-state index contributed by atoms with van der Waals surface area (Å²) in [4.78, 5) is 5.71. The van der Waals surface area contributed by atoms with Crippen molar-refractivity contribution in [3.63, 3.8) is 0 Å². The fraction of sp³-hybridized carbons (Fsp3) is 0.357. The van der Waals surface area contributed by atoms with Crippen LogP contribution in [0.25, 0.3) is 10.6 Å². The molecule has 1 unspecified atom stereocenters. The molecule has 19 heavy (non-hydrogen) atoms. The molecule has 2 rings (SSSR count). The lowest BCUT2D eigenvalue weighted by atomic mass is 10.2. The Kier molecular flexibility index (Phi) is 4.55. The number of aromatic nitrogens is 1. The second-order valence-electron chi connectivity index (χ2n) is 4.38. The summed E-state index contributed by atoms with van der Waals surface area (Å²) < 4.78 is 13.5. The number of thiazole rings is 1. The zero-order valence-corrected chi connectivity index (χ0v) is 12.7. The van der Waals surface area contributed by atoms with Gasteiger partial charge in [-0.15, -0.1) is 11.3 Å². The second kappa shape index (κ2) is 5.99. The molecule has 0 spiro atoms. The van der Waals surface area contributed by atoms with Gasteiger partial charge in [0.25, 0.3) is 0 Å². The molecule has 0 saturated heterocycles. The van der Waals surface area contributed by atoms with Crippen molar-refractivity contribution in [1.82, 2.24) is 10.3 Å². The van der Waals surface area contributed by atoms with Crippen molar-refractivity contribution >= 4 is 22.9 Å². The Morgan fingerprint density at radius 2 is 2.21 bits per heavy atom. The average Bonchev–Trinajstić information content (AvgIpc) is 2.75. The Balaban J connectivity index is 2.36. The van der Waals surface area contributed by atoms with Crippen LogP contribution in [0.2, 0.25) is 5.02 Å². The Morgan fingerprint density at radius 1 is 1.47 bits per heavy atom. The van der Waals surface area contributed by atoms with Crippen LogP contribution in [0.1, 0.15) is 30.5 Å². The van der Waals surface area contributed by atoms with Gasteiger partial charge in [0.05, 0.1) is 10.7 Å². The smallest absolute Gasteiger partial charge is 0.142 e. The quantitative estimate of drug-likeness (QED) is 0.893. The number of halogens is 2. The van der Waals surface area contributed by atoms with Crippen LogP contribution >= 0.6 is 22.9 Å². The van der Waals surface area contributed by atoms with Crippen LogP contribution in [0.5, 0.6) is 0 Å².